The highest BCUT2D eigenvalue weighted by molar-refractivity contribution is 5.78. The lowest BCUT2D eigenvalue weighted by Gasteiger charge is -2.29. The van der Waals surface area contributed by atoms with Gasteiger partial charge in [-0.2, -0.15) is 5.26 Å². The van der Waals surface area contributed by atoms with Crippen molar-refractivity contribution in [2.75, 3.05) is 6.54 Å². The van der Waals surface area contributed by atoms with E-state index >= 15 is 0 Å². The van der Waals surface area contributed by atoms with E-state index in [1.807, 2.05) is 38.1 Å². The van der Waals surface area contributed by atoms with Crippen LogP contribution in [0.2, 0.25) is 0 Å². The Morgan fingerprint density at radius 2 is 2.00 bits per heavy atom. The van der Waals surface area contributed by atoms with Crippen LogP contribution in [0.25, 0.3) is 0 Å². The van der Waals surface area contributed by atoms with E-state index in [1.165, 1.54) is 4.90 Å². The van der Waals surface area contributed by atoms with Crippen LogP contribution in [0.3, 0.4) is 0 Å². The van der Waals surface area contributed by atoms with E-state index in [0.29, 0.717) is 5.56 Å². The maximum Gasteiger partial charge on any atom is 0.226 e. The molecule has 4 nitrogen and oxygen atoms in total. The highest BCUT2D eigenvalue weighted by Crippen LogP contribution is 2.25. The number of benzene rings is 1. The first kappa shape index (κ1) is 15.2. The molecular formula is C15H20N2O2. The summed E-state index contributed by atoms with van der Waals surface area (Å²) in [6.07, 6.45) is -0.0309. The summed E-state index contributed by atoms with van der Waals surface area (Å²) in [6.45, 7) is 5.37. The van der Waals surface area contributed by atoms with Crippen molar-refractivity contribution < 1.29 is 9.90 Å². The zero-order valence-electron chi connectivity index (χ0n) is 11.6. The standard InChI is InChI=1S/C15H20N2O2/c1-12(2)17(10-9-16)14(18)11-15(3,19)13-7-5-4-6-8-13/h4-8,12,19H,10-11H2,1-3H3. The summed E-state index contributed by atoms with van der Waals surface area (Å²) in [4.78, 5) is 13.6. The van der Waals surface area contributed by atoms with Crippen LogP contribution in [0.5, 0.6) is 0 Å². The van der Waals surface area contributed by atoms with Crippen LogP contribution in [-0.2, 0) is 10.4 Å². The van der Waals surface area contributed by atoms with E-state index in [4.69, 9.17) is 5.26 Å². The summed E-state index contributed by atoms with van der Waals surface area (Å²) in [6, 6.07) is 11.0. The van der Waals surface area contributed by atoms with Gasteiger partial charge < -0.3 is 10.0 Å². The second-order valence-electron chi connectivity index (χ2n) is 5.09. The van der Waals surface area contributed by atoms with Gasteiger partial charge in [0.15, 0.2) is 0 Å². The van der Waals surface area contributed by atoms with Gasteiger partial charge in [0.1, 0.15) is 6.54 Å². The third-order valence-electron chi connectivity index (χ3n) is 3.08. The first-order valence-corrected chi connectivity index (χ1v) is 6.33. The van der Waals surface area contributed by atoms with Crippen molar-refractivity contribution in [3.05, 3.63) is 35.9 Å². The molecule has 1 N–H and O–H groups in total. The van der Waals surface area contributed by atoms with Crippen molar-refractivity contribution in [1.82, 2.24) is 4.90 Å². The van der Waals surface area contributed by atoms with E-state index in [-0.39, 0.29) is 24.9 Å². The molecule has 0 saturated carbocycles. The fraction of sp³-hybridized carbons (Fsp3) is 0.467. The minimum Gasteiger partial charge on any atom is -0.385 e. The second kappa shape index (κ2) is 6.35. The Balaban J connectivity index is 2.83. The predicted octanol–water partition coefficient (Wildman–Crippen LogP) is 2.04. The molecule has 1 aromatic carbocycles. The van der Waals surface area contributed by atoms with E-state index in [0.717, 1.165) is 0 Å². The third kappa shape index (κ3) is 4.08. The van der Waals surface area contributed by atoms with Gasteiger partial charge in [-0.15, -0.1) is 0 Å². The Morgan fingerprint density at radius 1 is 1.42 bits per heavy atom. The molecule has 0 bridgehead atoms. The Bertz CT molecular complexity index is 461. The van der Waals surface area contributed by atoms with Crippen LogP contribution in [0.1, 0.15) is 32.8 Å². The highest BCUT2D eigenvalue weighted by Gasteiger charge is 2.29. The van der Waals surface area contributed by atoms with Crippen LogP contribution in [-0.4, -0.2) is 28.5 Å². The number of carbonyl (C=O) groups excluding carboxylic acids is 1. The van der Waals surface area contributed by atoms with Gasteiger partial charge in [0.05, 0.1) is 18.1 Å². The number of nitriles is 1. The molecule has 1 amide bonds. The first-order valence-electron chi connectivity index (χ1n) is 6.33. The highest BCUT2D eigenvalue weighted by atomic mass is 16.3. The lowest BCUT2D eigenvalue weighted by Crippen LogP contribution is -2.40. The van der Waals surface area contributed by atoms with Gasteiger partial charge in [-0.3, -0.25) is 4.79 Å². The lowest BCUT2D eigenvalue weighted by molar-refractivity contribution is -0.137. The van der Waals surface area contributed by atoms with Crippen molar-refractivity contribution in [3.8, 4) is 6.07 Å². The van der Waals surface area contributed by atoms with E-state index in [9.17, 15) is 9.90 Å². The molecule has 0 heterocycles. The van der Waals surface area contributed by atoms with Crippen LogP contribution in [0, 0.1) is 11.3 Å². The number of carbonyl (C=O) groups is 1. The summed E-state index contributed by atoms with van der Waals surface area (Å²) < 4.78 is 0. The maximum absolute atomic E-state index is 12.2. The van der Waals surface area contributed by atoms with Gasteiger partial charge >= 0.3 is 0 Å². The molecular weight excluding hydrogens is 240 g/mol. The zero-order valence-corrected chi connectivity index (χ0v) is 11.6. The summed E-state index contributed by atoms with van der Waals surface area (Å²) in [5.74, 6) is -0.217. The SMILES string of the molecule is CC(C)N(CC#N)C(=O)CC(C)(O)c1ccccc1. The number of aliphatic hydroxyl groups is 1. The van der Waals surface area contributed by atoms with Crippen LogP contribution in [0.15, 0.2) is 30.3 Å². The molecule has 1 rings (SSSR count). The Hall–Kier alpha value is -1.86. The van der Waals surface area contributed by atoms with Gasteiger partial charge in [-0.1, -0.05) is 30.3 Å². The Kier molecular flexibility index (Phi) is 5.08. The molecule has 102 valence electrons. The smallest absolute Gasteiger partial charge is 0.226 e. The lowest BCUT2D eigenvalue weighted by atomic mass is 9.92. The maximum atomic E-state index is 12.2. The van der Waals surface area contributed by atoms with E-state index in [1.54, 1.807) is 19.1 Å². The normalized spacial score (nSPS) is 13.7. The van der Waals surface area contributed by atoms with Crippen LogP contribution < -0.4 is 0 Å². The molecule has 1 unspecified atom stereocenters. The van der Waals surface area contributed by atoms with Crippen LogP contribution >= 0.6 is 0 Å². The number of hydrogen-bond acceptors (Lipinski definition) is 3. The van der Waals surface area contributed by atoms with Crippen LogP contribution in [0.4, 0.5) is 0 Å². The molecule has 0 aromatic heterocycles. The van der Waals surface area contributed by atoms with Crippen molar-refractivity contribution in [2.45, 2.75) is 38.8 Å². The Labute approximate surface area is 114 Å². The molecule has 4 heteroatoms. The number of rotatable bonds is 5. The van der Waals surface area contributed by atoms with Crippen molar-refractivity contribution in [1.29, 1.82) is 5.26 Å². The topological polar surface area (TPSA) is 64.3 Å². The monoisotopic (exact) mass is 260 g/mol. The first-order chi connectivity index (χ1) is 8.88. The quantitative estimate of drug-likeness (QED) is 0.824. The van der Waals surface area contributed by atoms with Crippen molar-refractivity contribution in [3.63, 3.8) is 0 Å². The summed E-state index contributed by atoms with van der Waals surface area (Å²) in [5, 5.41) is 19.2. The molecule has 0 spiro atoms. The number of hydrogen-bond donors (Lipinski definition) is 1. The number of amides is 1. The molecule has 0 fully saturated rings. The van der Waals surface area contributed by atoms with E-state index < -0.39 is 5.60 Å². The fourth-order valence-corrected chi connectivity index (χ4v) is 1.93. The average Bonchev–Trinajstić information content (AvgIpc) is 2.36. The fourth-order valence-electron chi connectivity index (χ4n) is 1.93. The molecule has 0 radical (unpaired) electrons. The summed E-state index contributed by atoms with van der Waals surface area (Å²) >= 11 is 0. The molecule has 0 aliphatic carbocycles. The van der Waals surface area contributed by atoms with Crippen molar-refractivity contribution >= 4 is 5.91 Å². The predicted molar refractivity (Wildman–Crippen MR) is 73.1 cm³/mol. The molecule has 1 atom stereocenters. The molecule has 1 aromatic rings. The largest absolute Gasteiger partial charge is 0.385 e. The average molecular weight is 260 g/mol. The minimum absolute atomic E-state index is 0.0309. The van der Waals surface area contributed by atoms with Gasteiger partial charge in [0, 0.05) is 6.04 Å². The van der Waals surface area contributed by atoms with Gasteiger partial charge in [0.25, 0.3) is 0 Å². The minimum atomic E-state index is -1.22. The summed E-state index contributed by atoms with van der Waals surface area (Å²) in [5.41, 5.74) is -0.523. The second-order valence-corrected chi connectivity index (χ2v) is 5.09. The van der Waals surface area contributed by atoms with Gasteiger partial charge in [-0.05, 0) is 26.3 Å². The molecule has 0 saturated heterocycles. The molecule has 0 aliphatic rings. The molecule has 19 heavy (non-hydrogen) atoms. The van der Waals surface area contributed by atoms with E-state index in [2.05, 4.69) is 0 Å². The zero-order chi connectivity index (χ0) is 14.5. The third-order valence-corrected chi connectivity index (χ3v) is 3.08. The summed E-state index contributed by atoms with van der Waals surface area (Å²) in [7, 11) is 0. The Morgan fingerprint density at radius 3 is 2.47 bits per heavy atom. The van der Waals surface area contributed by atoms with Gasteiger partial charge in [-0.25, -0.2) is 0 Å². The van der Waals surface area contributed by atoms with Gasteiger partial charge in [0.2, 0.25) is 5.91 Å². The molecule has 0 aliphatic heterocycles. The number of nitrogens with zero attached hydrogens (tertiary/aromatic N) is 2. The van der Waals surface area contributed by atoms with Crippen molar-refractivity contribution in [2.24, 2.45) is 0 Å².